The largest absolute Gasteiger partial charge is 0.480 e. The predicted octanol–water partition coefficient (Wildman–Crippen LogP) is -1.18. The van der Waals surface area contributed by atoms with Crippen LogP contribution in [0, 0.1) is 0 Å². The number of aliphatic carboxylic acids is 1. The summed E-state index contributed by atoms with van der Waals surface area (Å²) in [4.78, 5) is 38.3. The zero-order valence-corrected chi connectivity index (χ0v) is 11.7. The quantitative estimate of drug-likeness (QED) is 0.608. The van der Waals surface area contributed by atoms with Crippen molar-refractivity contribution >= 4 is 17.9 Å². The predicted molar refractivity (Wildman–Crippen MR) is 72.7 cm³/mol. The second kappa shape index (κ2) is 5.51. The highest BCUT2D eigenvalue weighted by Crippen LogP contribution is 2.29. The van der Waals surface area contributed by atoms with E-state index in [0.717, 1.165) is 24.4 Å². The summed E-state index contributed by atoms with van der Waals surface area (Å²) >= 11 is 0. The molecule has 0 radical (unpaired) electrons. The number of likely N-dealkylation sites (tertiary alicyclic amines) is 1. The standard InChI is InChI=1S/C13H20N4O4/c18-11-7-17(10(5-14-11)12(19)20)13(21)15-8-3-4-16(6-8)9-1-2-9/h8-10H,1-7H2,(H,14,18)(H,15,21)(H,19,20). The van der Waals surface area contributed by atoms with Gasteiger partial charge in [-0.1, -0.05) is 0 Å². The molecule has 0 aromatic rings. The van der Waals surface area contributed by atoms with Crippen molar-refractivity contribution in [3.63, 3.8) is 0 Å². The van der Waals surface area contributed by atoms with Gasteiger partial charge in [0.1, 0.15) is 12.6 Å². The Morgan fingerprint density at radius 2 is 2.05 bits per heavy atom. The molecule has 3 aliphatic rings. The number of amides is 3. The summed E-state index contributed by atoms with van der Waals surface area (Å²) in [6.07, 6.45) is 3.34. The molecule has 2 aliphatic heterocycles. The van der Waals surface area contributed by atoms with Gasteiger partial charge in [-0.15, -0.1) is 0 Å². The maximum Gasteiger partial charge on any atom is 0.328 e. The summed E-state index contributed by atoms with van der Waals surface area (Å²) in [7, 11) is 0. The third kappa shape index (κ3) is 3.10. The van der Waals surface area contributed by atoms with Crippen molar-refractivity contribution in [2.24, 2.45) is 0 Å². The van der Waals surface area contributed by atoms with E-state index in [0.29, 0.717) is 6.04 Å². The van der Waals surface area contributed by atoms with Crippen LogP contribution in [0.2, 0.25) is 0 Å². The lowest BCUT2D eigenvalue weighted by molar-refractivity contribution is -0.144. The monoisotopic (exact) mass is 296 g/mol. The lowest BCUT2D eigenvalue weighted by Gasteiger charge is -2.33. The van der Waals surface area contributed by atoms with Crippen molar-refractivity contribution in [3.8, 4) is 0 Å². The summed E-state index contributed by atoms with van der Waals surface area (Å²) in [5.74, 6) is -1.43. The number of piperazine rings is 1. The summed E-state index contributed by atoms with van der Waals surface area (Å²) in [5.41, 5.74) is 0. The highest BCUT2D eigenvalue weighted by Gasteiger charge is 2.38. The van der Waals surface area contributed by atoms with Gasteiger partial charge in [0, 0.05) is 31.7 Å². The van der Waals surface area contributed by atoms with Gasteiger partial charge in [-0.2, -0.15) is 0 Å². The Morgan fingerprint density at radius 3 is 2.71 bits per heavy atom. The molecule has 3 N–H and O–H groups in total. The highest BCUT2D eigenvalue weighted by molar-refractivity contribution is 5.90. The Hall–Kier alpha value is -1.83. The van der Waals surface area contributed by atoms with Crippen LogP contribution in [0.15, 0.2) is 0 Å². The van der Waals surface area contributed by atoms with Gasteiger partial charge < -0.3 is 15.7 Å². The van der Waals surface area contributed by atoms with E-state index in [1.807, 2.05) is 0 Å². The molecule has 1 saturated carbocycles. The summed E-state index contributed by atoms with van der Waals surface area (Å²) in [6.45, 7) is 1.54. The maximum absolute atomic E-state index is 12.3. The van der Waals surface area contributed by atoms with Crippen molar-refractivity contribution in [1.82, 2.24) is 20.4 Å². The molecular weight excluding hydrogens is 276 g/mol. The molecule has 2 atom stereocenters. The molecule has 116 valence electrons. The van der Waals surface area contributed by atoms with E-state index < -0.39 is 18.0 Å². The van der Waals surface area contributed by atoms with Crippen LogP contribution in [0.4, 0.5) is 4.79 Å². The fourth-order valence-electron chi connectivity index (χ4n) is 3.01. The van der Waals surface area contributed by atoms with Gasteiger partial charge in [0.15, 0.2) is 0 Å². The van der Waals surface area contributed by atoms with Crippen molar-refractivity contribution in [2.45, 2.75) is 37.4 Å². The van der Waals surface area contributed by atoms with Crippen LogP contribution in [0.5, 0.6) is 0 Å². The summed E-state index contributed by atoms with van der Waals surface area (Å²) in [5, 5.41) is 14.5. The Labute approximate surface area is 122 Å². The molecular formula is C13H20N4O4. The van der Waals surface area contributed by atoms with Crippen LogP contribution in [0.3, 0.4) is 0 Å². The summed E-state index contributed by atoms with van der Waals surface area (Å²) < 4.78 is 0. The number of nitrogens with one attached hydrogen (secondary N) is 2. The first kappa shape index (κ1) is 14.1. The second-order valence-corrected chi connectivity index (χ2v) is 5.95. The first-order valence-corrected chi connectivity index (χ1v) is 7.35. The molecule has 1 aliphatic carbocycles. The van der Waals surface area contributed by atoms with Gasteiger partial charge in [-0.05, 0) is 19.3 Å². The van der Waals surface area contributed by atoms with E-state index in [1.165, 1.54) is 12.8 Å². The molecule has 0 aromatic heterocycles. The smallest absolute Gasteiger partial charge is 0.328 e. The van der Waals surface area contributed by atoms with Gasteiger partial charge >= 0.3 is 12.0 Å². The van der Waals surface area contributed by atoms with E-state index in [2.05, 4.69) is 15.5 Å². The number of rotatable bonds is 3. The fraction of sp³-hybridized carbons (Fsp3) is 0.769. The molecule has 2 unspecified atom stereocenters. The topological polar surface area (TPSA) is 102 Å². The number of carbonyl (C=O) groups is 3. The number of hydrogen-bond acceptors (Lipinski definition) is 4. The summed E-state index contributed by atoms with van der Waals surface area (Å²) in [6, 6.07) is -0.750. The van der Waals surface area contributed by atoms with Crippen molar-refractivity contribution in [2.75, 3.05) is 26.2 Å². The van der Waals surface area contributed by atoms with Gasteiger partial charge in [0.2, 0.25) is 5.91 Å². The van der Waals surface area contributed by atoms with E-state index in [-0.39, 0.29) is 25.0 Å². The van der Waals surface area contributed by atoms with Crippen LogP contribution in [-0.4, -0.2) is 77.1 Å². The number of carboxylic acids is 1. The van der Waals surface area contributed by atoms with E-state index in [9.17, 15) is 14.4 Å². The fourth-order valence-corrected chi connectivity index (χ4v) is 3.01. The number of hydrogen-bond donors (Lipinski definition) is 3. The Morgan fingerprint density at radius 1 is 1.29 bits per heavy atom. The molecule has 8 nitrogen and oxygen atoms in total. The molecule has 2 heterocycles. The number of urea groups is 1. The molecule has 0 spiro atoms. The zero-order chi connectivity index (χ0) is 15.0. The first-order chi connectivity index (χ1) is 10.0. The lowest BCUT2D eigenvalue weighted by atomic mass is 10.2. The zero-order valence-electron chi connectivity index (χ0n) is 11.7. The minimum absolute atomic E-state index is 0.0394. The minimum atomic E-state index is -1.10. The molecule has 0 bridgehead atoms. The van der Waals surface area contributed by atoms with E-state index in [1.54, 1.807) is 0 Å². The SMILES string of the molecule is O=C1CN(C(=O)NC2CCN(C3CC3)C2)C(C(=O)O)CN1. The van der Waals surface area contributed by atoms with E-state index in [4.69, 9.17) is 5.11 Å². The number of carbonyl (C=O) groups excluding carboxylic acids is 2. The maximum atomic E-state index is 12.3. The molecule has 3 amide bonds. The van der Waals surface area contributed by atoms with Crippen LogP contribution >= 0.6 is 0 Å². The molecule has 3 fully saturated rings. The number of carboxylic acid groups (broad SMARTS) is 1. The van der Waals surface area contributed by atoms with Crippen LogP contribution < -0.4 is 10.6 Å². The molecule has 8 heteroatoms. The van der Waals surface area contributed by atoms with Crippen molar-refractivity contribution < 1.29 is 19.5 Å². The first-order valence-electron chi connectivity index (χ1n) is 7.35. The highest BCUT2D eigenvalue weighted by atomic mass is 16.4. The molecule has 3 rings (SSSR count). The third-order valence-electron chi connectivity index (χ3n) is 4.34. The van der Waals surface area contributed by atoms with Crippen LogP contribution in [0.25, 0.3) is 0 Å². The van der Waals surface area contributed by atoms with E-state index >= 15 is 0 Å². The normalized spacial score (nSPS) is 30.1. The van der Waals surface area contributed by atoms with Crippen LogP contribution in [0.1, 0.15) is 19.3 Å². The second-order valence-electron chi connectivity index (χ2n) is 5.95. The Balaban J connectivity index is 1.57. The Bertz CT molecular complexity index is 465. The van der Waals surface area contributed by atoms with Gasteiger partial charge in [-0.25, -0.2) is 9.59 Å². The van der Waals surface area contributed by atoms with Gasteiger partial charge in [-0.3, -0.25) is 14.6 Å². The van der Waals surface area contributed by atoms with Crippen molar-refractivity contribution in [1.29, 1.82) is 0 Å². The minimum Gasteiger partial charge on any atom is -0.480 e. The molecule has 0 aromatic carbocycles. The average molecular weight is 296 g/mol. The number of nitrogens with zero attached hydrogens (tertiary/aromatic N) is 2. The van der Waals surface area contributed by atoms with Gasteiger partial charge in [0.25, 0.3) is 0 Å². The molecule has 2 saturated heterocycles. The average Bonchev–Trinajstić information content (AvgIpc) is 3.19. The van der Waals surface area contributed by atoms with Crippen molar-refractivity contribution in [3.05, 3.63) is 0 Å². The lowest BCUT2D eigenvalue weighted by Crippen LogP contribution is -2.62. The van der Waals surface area contributed by atoms with Gasteiger partial charge in [0.05, 0.1) is 0 Å². The third-order valence-corrected chi connectivity index (χ3v) is 4.34. The Kier molecular flexibility index (Phi) is 3.71. The molecule has 21 heavy (non-hydrogen) atoms. The van der Waals surface area contributed by atoms with Crippen LogP contribution in [-0.2, 0) is 9.59 Å².